The molecule has 0 aromatic carbocycles. The van der Waals surface area contributed by atoms with Crippen LogP contribution in [-0.2, 0) is 9.59 Å². The van der Waals surface area contributed by atoms with Gasteiger partial charge in [-0.1, -0.05) is 0 Å². The zero-order chi connectivity index (χ0) is 12.5. The number of hydrogen-bond donors (Lipinski definition) is 1. The van der Waals surface area contributed by atoms with E-state index in [1.807, 2.05) is 0 Å². The Balaban J connectivity index is 2.95. The topological polar surface area (TPSA) is 49.4 Å². The smallest absolute Gasteiger partial charge is 0.255 e. The lowest BCUT2D eigenvalue weighted by Crippen LogP contribution is -2.54. The minimum absolute atomic E-state index is 0.0574. The fourth-order valence-corrected chi connectivity index (χ4v) is 1.80. The molecule has 0 aromatic rings. The van der Waals surface area contributed by atoms with Gasteiger partial charge < -0.3 is 10.2 Å². The van der Waals surface area contributed by atoms with Gasteiger partial charge >= 0.3 is 0 Å². The quantitative estimate of drug-likeness (QED) is 0.767. The number of hydrogen-bond acceptors (Lipinski definition) is 2. The summed E-state index contributed by atoms with van der Waals surface area (Å²) in [5, 5.41) is 2.53. The van der Waals surface area contributed by atoms with E-state index in [-0.39, 0.29) is 12.3 Å². The van der Waals surface area contributed by atoms with E-state index < -0.39 is 30.5 Å². The minimum atomic E-state index is -2.59. The summed E-state index contributed by atoms with van der Waals surface area (Å²) in [5.41, 5.74) is -1.11. The Hall–Kier alpha value is -1.20. The first-order valence-electron chi connectivity index (χ1n) is 5.14. The van der Waals surface area contributed by atoms with Crippen molar-refractivity contribution in [1.29, 1.82) is 0 Å². The highest BCUT2D eigenvalue weighted by Gasteiger charge is 2.40. The van der Waals surface area contributed by atoms with E-state index >= 15 is 0 Å². The fourth-order valence-electron chi connectivity index (χ4n) is 1.80. The van der Waals surface area contributed by atoms with Crippen LogP contribution in [0.1, 0.15) is 27.2 Å². The SMILES string of the molecule is CC1CC(=O)NC(C)(C)C(=O)N1CC(F)F. The van der Waals surface area contributed by atoms with Crippen LogP contribution >= 0.6 is 0 Å². The molecule has 1 aliphatic rings. The van der Waals surface area contributed by atoms with Gasteiger partial charge in [-0.25, -0.2) is 8.78 Å². The third kappa shape index (κ3) is 2.68. The Bertz CT molecular complexity index is 305. The predicted octanol–water partition coefficient (Wildman–Crippen LogP) is 0.767. The van der Waals surface area contributed by atoms with Gasteiger partial charge in [0.2, 0.25) is 11.8 Å². The molecule has 2 amide bonds. The number of halogens is 2. The monoisotopic (exact) mass is 234 g/mol. The average molecular weight is 234 g/mol. The van der Waals surface area contributed by atoms with Gasteiger partial charge in [0.25, 0.3) is 6.43 Å². The van der Waals surface area contributed by atoms with E-state index in [1.165, 1.54) is 13.8 Å². The number of nitrogens with one attached hydrogen (secondary N) is 1. The van der Waals surface area contributed by atoms with Crippen LogP contribution in [0.4, 0.5) is 8.78 Å². The van der Waals surface area contributed by atoms with Gasteiger partial charge in [0.15, 0.2) is 0 Å². The van der Waals surface area contributed by atoms with Crippen LogP contribution in [0.15, 0.2) is 0 Å². The Labute approximate surface area is 93.0 Å². The lowest BCUT2D eigenvalue weighted by Gasteiger charge is -2.31. The lowest BCUT2D eigenvalue weighted by atomic mass is 10.0. The van der Waals surface area contributed by atoms with Crippen LogP contribution < -0.4 is 5.32 Å². The molecule has 0 spiro atoms. The summed E-state index contributed by atoms with van der Waals surface area (Å²) in [4.78, 5) is 24.4. The minimum Gasteiger partial charge on any atom is -0.342 e. The van der Waals surface area contributed by atoms with Crippen molar-refractivity contribution in [2.45, 2.75) is 45.2 Å². The number of alkyl halides is 2. The fraction of sp³-hybridized carbons (Fsp3) is 0.800. The summed E-state index contributed by atoms with van der Waals surface area (Å²) < 4.78 is 24.7. The second-order valence-corrected chi connectivity index (χ2v) is 4.57. The molecule has 16 heavy (non-hydrogen) atoms. The first-order chi connectivity index (χ1) is 7.24. The molecule has 4 nitrogen and oxygen atoms in total. The molecule has 1 heterocycles. The molecule has 0 aliphatic carbocycles. The third-order valence-electron chi connectivity index (χ3n) is 2.60. The number of carbonyl (C=O) groups is 2. The molecule has 92 valence electrons. The first kappa shape index (κ1) is 12.9. The van der Waals surface area contributed by atoms with Crippen molar-refractivity contribution >= 4 is 11.8 Å². The number of nitrogens with zero attached hydrogens (tertiary/aromatic N) is 1. The van der Waals surface area contributed by atoms with Gasteiger partial charge in [0.1, 0.15) is 5.54 Å². The lowest BCUT2D eigenvalue weighted by molar-refractivity contribution is -0.140. The molecule has 1 aliphatic heterocycles. The van der Waals surface area contributed by atoms with Crippen LogP contribution in [0.5, 0.6) is 0 Å². The molecule has 1 fully saturated rings. The molecule has 1 unspecified atom stereocenters. The summed E-state index contributed by atoms with van der Waals surface area (Å²) in [6, 6.07) is -0.497. The van der Waals surface area contributed by atoms with Gasteiger partial charge in [-0.3, -0.25) is 9.59 Å². The van der Waals surface area contributed by atoms with Crippen LogP contribution in [0.25, 0.3) is 0 Å². The van der Waals surface area contributed by atoms with Crippen LogP contribution in [0, 0.1) is 0 Å². The standard InChI is InChI=1S/C10H16F2N2O2/c1-6-4-8(15)13-10(2,3)9(16)14(6)5-7(11)12/h6-7H,4-5H2,1-3H3,(H,13,15). The Kier molecular flexibility index (Phi) is 3.50. The Morgan fingerprint density at radius 2 is 2.06 bits per heavy atom. The summed E-state index contributed by atoms with van der Waals surface area (Å²) in [5.74, 6) is -0.756. The molecular weight excluding hydrogens is 218 g/mol. The van der Waals surface area contributed by atoms with E-state index in [9.17, 15) is 18.4 Å². The largest absolute Gasteiger partial charge is 0.342 e. The average Bonchev–Trinajstić information content (AvgIpc) is 2.15. The maximum Gasteiger partial charge on any atom is 0.255 e. The number of carbonyl (C=O) groups excluding carboxylic acids is 2. The first-order valence-corrected chi connectivity index (χ1v) is 5.14. The van der Waals surface area contributed by atoms with Crippen LogP contribution in [-0.4, -0.2) is 41.3 Å². The molecule has 1 N–H and O–H groups in total. The predicted molar refractivity (Wildman–Crippen MR) is 54.0 cm³/mol. The highest BCUT2D eigenvalue weighted by atomic mass is 19.3. The van der Waals surface area contributed by atoms with E-state index in [2.05, 4.69) is 5.32 Å². The van der Waals surface area contributed by atoms with Crippen LogP contribution in [0.2, 0.25) is 0 Å². The van der Waals surface area contributed by atoms with Crippen molar-refractivity contribution in [1.82, 2.24) is 10.2 Å². The highest BCUT2D eigenvalue weighted by Crippen LogP contribution is 2.19. The van der Waals surface area contributed by atoms with Gasteiger partial charge in [-0.15, -0.1) is 0 Å². The van der Waals surface area contributed by atoms with Crippen molar-refractivity contribution in [3.63, 3.8) is 0 Å². The maximum absolute atomic E-state index is 12.3. The van der Waals surface area contributed by atoms with Crippen molar-refractivity contribution < 1.29 is 18.4 Å². The second kappa shape index (κ2) is 4.35. The Morgan fingerprint density at radius 3 is 2.56 bits per heavy atom. The summed E-state index contributed by atoms with van der Waals surface area (Å²) >= 11 is 0. The molecule has 0 bridgehead atoms. The van der Waals surface area contributed by atoms with E-state index in [0.717, 1.165) is 4.90 Å². The van der Waals surface area contributed by atoms with Crippen molar-refractivity contribution in [3.8, 4) is 0 Å². The molecule has 0 radical (unpaired) electrons. The van der Waals surface area contributed by atoms with E-state index in [1.54, 1.807) is 6.92 Å². The van der Waals surface area contributed by atoms with Gasteiger partial charge in [-0.05, 0) is 20.8 Å². The van der Waals surface area contributed by atoms with E-state index in [0.29, 0.717) is 0 Å². The van der Waals surface area contributed by atoms with E-state index in [4.69, 9.17) is 0 Å². The highest BCUT2D eigenvalue weighted by molar-refractivity contribution is 5.93. The summed E-state index contributed by atoms with van der Waals surface area (Å²) in [7, 11) is 0. The third-order valence-corrected chi connectivity index (χ3v) is 2.60. The zero-order valence-electron chi connectivity index (χ0n) is 9.59. The van der Waals surface area contributed by atoms with Gasteiger partial charge in [-0.2, -0.15) is 0 Å². The molecule has 1 saturated heterocycles. The zero-order valence-corrected chi connectivity index (χ0v) is 9.59. The van der Waals surface area contributed by atoms with Gasteiger partial charge in [0, 0.05) is 12.5 Å². The number of amides is 2. The molecule has 1 atom stereocenters. The van der Waals surface area contributed by atoms with Crippen LogP contribution in [0.3, 0.4) is 0 Å². The van der Waals surface area contributed by atoms with Gasteiger partial charge in [0.05, 0.1) is 6.54 Å². The molecule has 1 rings (SSSR count). The van der Waals surface area contributed by atoms with Crippen molar-refractivity contribution in [2.75, 3.05) is 6.54 Å². The maximum atomic E-state index is 12.3. The molecule has 0 saturated carbocycles. The van der Waals surface area contributed by atoms with Crippen molar-refractivity contribution in [3.05, 3.63) is 0 Å². The Morgan fingerprint density at radius 1 is 1.50 bits per heavy atom. The normalized spacial score (nSPS) is 25.6. The van der Waals surface area contributed by atoms with Crippen molar-refractivity contribution in [2.24, 2.45) is 0 Å². The second-order valence-electron chi connectivity index (χ2n) is 4.57. The molecule has 6 heteroatoms. The summed E-state index contributed by atoms with van der Waals surface area (Å²) in [6.45, 7) is 4.01. The molecule has 0 aromatic heterocycles. The number of rotatable bonds is 2. The molecular formula is C10H16F2N2O2. The summed E-state index contributed by atoms with van der Waals surface area (Å²) in [6.07, 6.45) is -2.53.